The van der Waals surface area contributed by atoms with Gasteiger partial charge in [-0.05, 0) is 37.5 Å². The summed E-state index contributed by atoms with van der Waals surface area (Å²) in [5, 5.41) is 10.4. The van der Waals surface area contributed by atoms with Gasteiger partial charge in [-0.3, -0.25) is 4.90 Å². The predicted molar refractivity (Wildman–Crippen MR) is 99.3 cm³/mol. The maximum atomic E-state index is 10.4. The Kier molecular flexibility index (Phi) is 7.29. The van der Waals surface area contributed by atoms with E-state index in [0.29, 0.717) is 19.2 Å². The number of rotatable bonds is 9. The molecule has 0 saturated heterocycles. The van der Waals surface area contributed by atoms with Gasteiger partial charge in [-0.15, -0.1) is 0 Å². The molecule has 3 nitrogen and oxygen atoms in total. The normalized spacial score (nSPS) is 13.7. The highest BCUT2D eigenvalue weighted by molar-refractivity contribution is 5.31. The number of aliphatic hydroxyl groups is 1. The summed E-state index contributed by atoms with van der Waals surface area (Å²) in [4.78, 5) is 2.32. The summed E-state index contributed by atoms with van der Waals surface area (Å²) in [6, 6.07) is 18.7. The molecule has 0 unspecified atom stereocenters. The van der Waals surface area contributed by atoms with Gasteiger partial charge in [0.15, 0.2) is 0 Å². The zero-order valence-corrected chi connectivity index (χ0v) is 15.0. The van der Waals surface area contributed by atoms with Crippen LogP contribution in [-0.4, -0.2) is 35.3 Å². The Bertz CT molecular complexity index is 600. The van der Waals surface area contributed by atoms with Gasteiger partial charge in [0.25, 0.3) is 0 Å². The van der Waals surface area contributed by atoms with E-state index in [1.807, 2.05) is 37.3 Å². The van der Waals surface area contributed by atoms with Crippen LogP contribution in [0.15, 0.2) is 54.6 Å². The van der Waals surface area contributed by atoms with Crippen LogP contribution in [0.25, 0.3) is 0 Å². The van der Waals surface area contributed by atoms with Crippen molar-refractivity contribution in [3.05, 3.63) is 65.7 Å². The van der Waals surface area contributed by atoms with Crippen molar-refractivity contribution in [3.8, 4) is 5.75 Å². The third-order valence-corrected chi connectivity index (χ3v) is 4.41. The Morgan fingerprint density at radius 1 is 1.04 bits per heavy atom. The SMILES string of the molecule is CC[C@H](C)N(Cc1ccccc1)C[C@@H](O)COc1ccccc1C. The van der Waals surface area contributed by atoms with Gasteiger partial charge >= 0.3 is 0 Å². The van der Waals surface area contributed by atoms with Crippen molar-refractivity contribution in [2.45, 2.75) is 45.9 Å². The molecule has 0 aliphatic rings. The van der Waals surface area contributed by atoms with Gasteiger partial charge in [0, 0.05) is 19.1 Å². The smallest absolute Gasteiger partial charge is 0.122 e. The Hall–Kier alpha value is -1.84. The molecule has 0 aliphatic carbocycles. The fraction of sp³-hybridized carbons (Fsp3) is 0.429. The molecule has 3 heteroatoms. The number of para-hydroxylation sites is 1. The number of ether oxygens (including phenoxy) is 1. The largest absolute Gasteiger partial charge is 0.491 e. The second-order valence-electron chi connectivity index (χ2n) is 6.40. The average molecular weight is 327 g/mol. The van der Waals surface area contributed by atoms with Gasteiger partial charge in [-0.2, -0.15) is 0 Å². The fourth-order valence-electron chi connectivity index (χ4n) is 2.70. The van der Waals surface area contributed by atoms with Crippen molar-refractivity contribution in [1.29, 1.82) is 0 Å². The van der Waals surface area contributed by atoms with Gasteiger partial charge in [-0.25, -0.2) is 0 Å². The molecule has 2 aromatic carbocycles. The monoisotopic (exact) mass is 327 g/mol. The van der Waals surface area contributed by atoms with Gasteiger partial charge in [0.1, 0.15) is 18.5 Å². The van der Waals surface area contributed by atoms with E-state index in [-0.39, 0.29) is 0 Å². The van der Waals surface area contributed by atoms with E-state index >= 15 is 0 Å². The molecule has 2 atom stereocenters. The predicted octanol–water partition coefficient (Wildman–Crippen LogP) is 4.04. The van der Waals surface area contributed by atoms with Crippen molar-refractivity contribution in [1.82, 2.24) is 4.90 Å². The second kappa shape index (κ2) is 9.45. The van der Waals surface area contributed by atoms with Crippen molar-refractivity contribution in [2.24, 2.45) is 0 Å². The molecular weight excluding hydrogens is 298 g/mol. The molecule has 2 aromatic rings. The molecule has 1 N–H and O–H groups in total. The number of hydrogen-bond acceptors (Lipinski definition) is 3. The summed E-state index contributed by atoms with van der Waals surface area (Å²) in [6.07, 6.45) is 0.542. The molecule has 2 rings (SSSR count). The lowest BCUT2D eigenvalue weighted by Gasteiger charge is -2.30. The molecular formula is C21H29NO2. The number of aryl methyl sites for hydroxylation is 1. The van der Waals surface area contributed by atoms with E-state index in [9.17, 15) is 5.11 Å². The van der Waals surface area contributed by atoms with Crippen molar-refractivity contribution < 1.29 is 9.84 Å². The second-order valence-corrected chi connectivity index (χ2v) is 6.40. The van der Waals surface area contributed by atoms with Crippen LogP contribution in [0.1, 0.15) is 31.4 Å². The van der Waals surface area contributed by atoms with Gasteiger partial charge in [0.05, 0.1) is 0 Å². The van der Waals surface area contributed by atoms with E-state index in [1.165, 1.54) is 5.56 Å². The molecule has 0 aromatic heterocycles. The van der Waals surface area contributed by atoms with Crippen LogP contribution < -0.4 is 4.74 Å². The number of hydrogen-bond donors (Lipinski definition) is 1. The van der Waals surface area contributed by atoms with E-state index in [4.69, 9.17) is 4.74 Å². The summed E-state index contributed by atoms with van der Waals surface area (Å²) >= 11 is 0. The minimum absolute atomic E-state index is 0.312. The maximum Gasteiger partial charge on any atom is 0.122 e. The highest BCUT2D eigenvalue weighted by Crippen LogP contribution is 2.17. The minimum atomic E-state index is -0.512. The maximum absolute atomic E-state index is 10.4. The van der Waals surface area contributed by atoms with E-state index in [1.54, 1.807) is 0 Å². The van der Waals surface area contributed by atoms with Crippen LogP contribution >= 0.6 is 0 Å². The topological polar surface area (TPSA) is 32.7 Å². The van der Waals surface area contributed by atoms with E-state index < -0.39 is 6.10 Å². The first kappa shape index (κ1) is 18.5. The van der Waals surface area contributed by atoms with E-state index in [0.717, 1.165) is 24.3 Å². The molecule has 0 amide bonds. The van der Waals surface area contributed by atoms with Gasteiger partial charge < -0.3 is 9.84 Å². The van der Waals surface area contributed by atoms with Crippen LogP contribution in [-0.2, 0) is 6.54 Å². The average Bonchev–Trinajstić information content (AvgIpc) is 2.60. The lowest BCUT2D eigenvalue weighted by atomic mass is 10.1. The lowest BCUT2D eigenvalue weighted by Crippen LogP contribution is -2.40. The standard InChI is InChI=1S/C21H29NO2/c1-4-18(3)22(14-19-11-6-5-7-12-19)15-20(23)16-24-21-13-9-8-10-17(21)2/h5-13,18,20,23H,4,14-16H2,1-3H3/t18-,20+/m0/s1. The fourth-order valence-corrected chi connectivity index (χ4v) is 2.70. The van der Waals surface area contributed by atoms with Gasteiger partial charge in [0.2, 0.25) is 0 Å². The molecule has 0 fully saturated rings. The Morgan fingerprint density at radius 2 is 1.71 bits per heavy atom. The summed E-state index contributed by atoms with van der Waals surface area (Å²) in [7, 11) is 0. The number of aliphatic hydroxyl groups excluding tert-OH is 1. The van der Waals surface area contributed by atoms with Crippen LogP contribution in [0.5, 0.6) is 5.75 Å². The number of nitrogens with zero attached hydrogens (tertiary/aromatic N) is 1. The summed E-state index contributed by atoms with van der Waals surface area (Å²) in [5.41, 5.74) is 2.36. The molecule has 24 heavy (non-hydrogen) atoms. The molecule has 0 aliphatic heterocycles. The molecule has 0 saturated carbocycles. The molecule has 0 spiro atoms. The summed E-state index contributed by atoms with van der Waals surface area (Å²) < 4.78 is 5.79. The van der Waals surface area contributed by atoms with Crippen LogP contribution in [0.2, 0.25) is 0 Å². The third kappa shape index (κ3) is 5.66. The Labute approximate surface area is 145 Å². The first-order valence-corrected chi connectivity index (χ1v) is 8.74. The zero-order chi connectivity index (χ0) is 17.4. The summed E-state index contributed by atoms with van der Waals surface area (Å²) in [5.74, 6) is 0.842. The summed E-state index contributed by atoms with van der Waals surface area (Å²) in [6.45, 7) is 8.17. The quantitative estimate of drug-likeness (QED) is 0.754. The molecule has 0 radical (unpaired) electrons. The third-order valence-electron chi connectivity index (χ3n) is 4.41. The van der Waals surface area contributed by atoms with Crippen molar-refractivity contribution in [3.63, 3.8) is 0 Å². The number of benzene rings is 2. The highest BCUT2D eigenvalue weighted by atomic mass is 16.5. The molecule has 0 bridgehead atoms. The van der Waals surface area contributed by atoms with Crippen molar-refractivity contribution in [2.75, 3.05) is 13.2 Å². The van der Waals surface area contributed by atoms with E-state index in [2.05, 4.69) is 43.0 Å². The van der Waals surface area contributed by atoms with Crippen LogP contribution in [0.4, 0.5) is 0 Å². The van der Waals surface area contributed by atoms with Crippen molar-refractivity contribution >= 4 is 0 Å². The van der Waals surface area contributed by atoms with Crippen LogP contribution in [0.3, 0.4) is 0 Å². The van der Waals surface area contributed by atoms with Crippen LogP contribution in [0, 0.1) is 6.92 Å². The Morgan fingerprint density at radius 3 is 2.38 bits per heavy atom. The Balaban J connectivity index is 1.92. The molecule has 0 heterocycles. The lowest BCUT2D eigenvalue weighted by molar-refractivity contribution is 0.0504. The molecule has 130 valence electrons. The van der Waals surface area contributed by atoms with Gasteiger partial charge in [-0.1, -0.05) is 55.5 Å². The first-order valence-electron chi connectivity index (χ1n) is 8.74. The zero-order valence-electron chi connectivity index (χ0n) is 15.0. The first-order chi connectivity index (χ1) is 11.6. The minimum Gasteiger partial charge on any atom is -0.491 e. The highest BCUT2D eigenvalue weighted by Gasteiger charge is 2.17.